The molecule has 5 heteroatoms. The second kappa shape index (κ2) is 9.13. The molecule has 100 valence electrons. The van der Waals surface area contributed by atoms with Crippen LogP contribution in [0.5, 0.6) is 0 Å². The number of ketones is 1. The predicted molar refractivity (Wildman–Crippen MR) is 66.5 cm³/mol. The minimum Gasteiger partial charge on any atom is -0.480 e. The molecule has 0 aromatic carbocycles. The molecule has 0 saturated heterocycles. The Balaban J connectivity index is 0.000000318. The molecule has 0 aromatic rings. The Hall–Kier alpha value is -0.940. The SMILES string of the molecule is CC1CCCC1=O.NCCCCC(N)C(=O)O. The van der Waals surface area contributed by atoms with E-state index in [0.29, 0.717) is 24.7 Å². The molecule has 0 amide bonds. The number of Topliss-reactive ketones (excluding diaryl/α,β-unsaturated/α-hetero) is 1. The Bertz CT molecular complexity index is 244. The van der Waals surface area contributed by atoms with Crippen molar-refractivity contribution in [3.05, 3.63) is 0 Å². The Kier molecular flexibility index (Phi) is 8.62. The van der Waals surface area contributed by atoms with Crippen molar-refractivity contribution < 1.29 is 14.7 Å². The fourth-order valence-electron chi connectivity index (χ4n) is 1.62. The van der Waals surface area contributed by atoms with E-state index >= 15 is 0 Å². The Morgan fingerprint density at radius 2 is 2.18 bits per heavy atom. The van der Waals surface area contributed by atoms with Crippen LogP contribution in [0.15, 0.2) is 0 Å². The number of aliphatic carboxylic acids is 1. The van der Waals surface area contributed by atoms with E-state index in [9.17, 15) is 9.59 Å². The Labute approximate surface area is 103 Å². The van der Waals surface area contributed by atoms with Crippen LogP contribution in [0.4, 0.5) is 0 Å². The van der Waals surface area contributed by atoms with E-state index in [0.717, 1.165) is 32.1 Å². The summed E-state index contributed by atoms with van der Waals surface area (Å²) in [6.07, 6.45) is 5.25. The molecule has 1 fully saturated rings. The Morgan fingerprint density at radius 1 is 1.53 bits per heavy atom. The molecule has 0 heterocycles. The maximum Gasteiger partial charge on any atom is 0.320 e. The topological polar surface area (TPSA) is 106 Å². The zero-order valence-corrected chi connectivity index (χ0v) is 10.5. The lowest BCUT2D eigenvalue weighted by atomic mass is 10.1. The van der Waals surface area contributed by atoms with Gasteiger partial charge in [0.2, 0.25) is 0 Å². The summed E-state index contributed by atoms with van der Waals surface area (Å²) >= 11 is 0. The maximum absolute atomic E-state index is 10.6. The average molecular weight is 244 g/mol. The van der Waals surface area contributed by atoms with E-state index in [1.54, 1.807) is 0 Å². The van der Waals surface area contributed by atoms with Gasteiger partial charge in [-0.25, -0.2) is 0 Å². The number of hydrogen-bond acceptors (Lipinski definition) is 4. The summed E-state index contributed by atoms with van der Waals surface area (Å²) < 4.78 is 0. The molecule has 2 atom stereocenters. The van der Waals surface area contributed by atoms with Crippen molar-refractivity contribution in [2.24, 2.45) is 17.4 Å². The molecule has 1 rings (SSSR count). The van der Waals surface area contributed by atoms with Crippen LogP contribution < -0.4 is 11.5 Å². The number of carboxylic acid groups (broad SMARTS) is 1. The van der Waals surface area contributed by atoms with Gasteiger partial charge in [0.15, 0.2) is 0 Å². The van der Waals surface area contributed by atoms with Crippen molar-refractivity contribution in [3.8, 4) is 0 Å². The fraction of sp³-hybridized carbons (Fsp3) is 0.833. The van der Waals surface area contributed by atoms with Crippen molar-refractivity contribution in [3.63, 3.8) is 0 Å². The largest absolute Gasteiger partial charge is 0.480 e. The predicted octanol–water partition coefficient (Wildman–Crippen LogP) is 0.903. The smallest absolute Gasteiger partial charge is 0.320 e. The molecular weight excluding hydrogens is 220 g/mol. The van der Waals surface area contributed by atoms with Crippen molar-refractivity contribution in [2.45, 2.75) is 51.5 Å². The fourth-order valence-corrected chi connectivity index (χ4v) is 1.62. The van der Waals surface area contributed by atoms with Crippen molar-refractivity contribution in [1.82, 2.24) is 0 Å². The molecule has 0 radical (unpaired) electrons. The minimum atomic E-state index is -0.933. The summed E-state index contributed by atoms with van der Waals surface area (Å²) in [7, 11) is 0. The molecule has 5 nitrogen and oxygen atoms in total. The van der Waals surface area contributed by atoms with Crippen LogP contribution in [0, 0.1) is 5.92 Å². The molecule has 2 unspecified atom stereocenters. The highest BCUT2D eigenvalue weighted by Crippen LogP contribution is 2.19. The van der Waals surface area contributed by atoms with Gasteiger partial charge in [0.1, 0.15) is 11.8 Å². The lowest BCUT2D eigenvalue weighted by Crippen LogP contribution is -2.29. The first-order valence-corrected chi connectivity index (χ1v) is 6.20. The van der Waals surface area contributed by atoms with Gasteiger partial charge < -0.3 is 16.6 Å². The highest BCUT2D eigenvalue weighted by atomic mass is 16.4. The lowest BCUT2D eigenvalue weighted by molar-refractivity contribution is -0.138. The van der Waals surface area contributed by atoms with Crippen LogP contribution in [-0.4, -0.2) is 29.4 Å². The van der Waals surface area contributed by atoms with Crippen molar-refractivity contribution >= 4 is 11.8 Å². The number of carbonyl (C=O) groups is 2. The molecule has 1 aliphatic carbocycles. The summed E-state index contributed by atoms with van der Waals surface area (Å²) in [5.74, 6) is -0.1000. The van der Waals surface area contributed by atoms with Crippen molar-refractivity contribution in [2.75, 3.05) is 6.54 Å². The summed E-state index contributed by atoms with van der Waals surface area (Å²) in [5.41, 5.74) is 10.4. The zero-order chi connectivity index (χ0) is 13.3. The molecule has 0 aromatic heterocycles. The molecule has 17 heavy (non-hydrogen) atoms. The van der Waals surface area contributed by atoms with Gasteiger partial charge in [0, 0.05) is 12.3 Å². The number of unbranched alkanes of at least 4 members (excludes halogenated alkanes) is 1. The highest BCUT2D eigenvalue weighted by Gasteiger charge is 2.18. The molecule has 0 spiro atoms. The summed E-state index contributed by atoms with van der Waals surface area (Å²) in [5, 5.41) is 8.33. The first kappa shape index (κ1) is 16.1. The van der Waals surface area contributed by atoms with Gasteiger partial charge in [-0.1, -0.05) is 13.3 Å². The first-order chi connectivity index (χ1) is 7.99. The van der Waals surface area contributed by atoms with Crippen LogP contribution in [0.2, 0.25) is 0 Å². The third kappa shape index (κ3) is 7.88. The number of hydrogen-bond donors (Lipinski definition) is 3. The van der Waals surface area contributed by atoms with E-state index in [4.69, 9.17) is 16.6 Å². The maximum atomic E-state index is 10.6. The highest BCUT2D eigenvalue weighted by molar-refractivity contribution is 5.82. The van der Waals surface area contributed by atoms with Crippen molar-refractivity contribution in [1.29, 1.82) is 0 Å². The van der Waals surface area contributed by atoms with Gasteiger partial charge in [-0.05, 0) is 32.2 Å². The van der Waals surface area contributed by atoms with Gasteiger partial charge in [-0.15, -0.1) is 0 Å². The number of carbonyl (C=O) groups excluding carboxylic acids is 1. The molecule has 0 bridgehead atoms. The summed E-state index contributed by atoms with van der Waals surface area (Å²) in [6, 6.07) is -0.716. The third-order valence-electron chi connectivity index (χ3n) is 2.90. The second-order valence-electron chi connectivity index (χ2n) is 4.49. The van der Waals surface area contributed by atoms with Crippen LogP contribution in [0.25, 0.3) is 0 Å². The monoisotopic (exact) mass is 244 g/mol. The average Bonchev–Trinajstić information content (AvgIpc) is 2.64. The van der Waals surface area contributed by atoms with E-state index in [1.165, 1.54) is 0 Å². The van der Waals surface area contributed by atoms with E-state index in [2.05, 4.69) is 0 Å². The molecular formula is C12H24N2O3. The number of nitrogens with two attached hydrogens (primary N) is 2. The normalized spacial score (nSPS) is 20.6. The standard InChI is InChI=1S/C6H14N2O2.C6H10O/c7-4-2-1-3-5(8)6(9)10;1-5-3-2-4-6(5)7/h5H,1-4,7-8H2,(H,9,10);5H,2-4H2,1H3. The molecule has 5 N–H and O–H groups in total. The van der Waals surface area contributed by atoms with Crippen LogP contribution in [0.1, 0.15) is 45.4 Å². The van der Waals surface area contributed by atoms with Gasteiger partial charge in [-0.2, -0.15) is 0 Å². The van der Waals surface area contributed by atoms with Crippen LogP contribution in [0.3, 0.4) is 0 Å². The minimum absolute atomic E-state index is 0.375. The summed E-state index contributed by atoms with van der Waals surface area (Å²) in [4.78, 5) is 20.7. The van der Waals surface area contributed by atoms with Crippen LogP contribution in [-0.2, 0) is 9.59 Å². The van der Waals surface area contributed by atoms with Gasteiger partial charge in [0.05, 0.1) is 0 Å². The Morgan fingerprint density at radius 3 is 2.47 bits per heavy atom. The third-order valence-corrected chi connectivity index (χ3v) is 2.90. The van der Waals surface area contributed by atoms with Gasteiger partial charge >= 0.3 is 5.97 Å². The van der Waals surface area contributed by atoms with E-state index in [-0.39, 0.29) is 0 Å². The molecule has 1 saturated carbocycles. The summed E-state index contributed by atoms with van der Waals surface area (Å²) in [6.45, 7) is 2.61. The lowest BCUT2D eigenvalue weighted by Gasteiger charge is -2.03. The zero-order valence-electron chi connectivity index (χ0n) is 10.5. The second-order valence-corrected chi connectivity index (χ2v) is 4.49. The molecule has 0 aliphatic heterocycles. The first-order valence-electron chi connectivity index (χ1n) is 6.20. The molecule has 1 aliphatic rings. The quantitative estimate of drug-likeness (QED) is 0.623. The van der Waals surface area contributed by atoms with Gasteiger partial charge in [0.25, 0.3) is 0 Å². The van der Waals surface area contributed by atoms with Gasteiger partial charge in [-0.3, -0.25) is 9.59 Å². The van der Waals surface area contributed by atoms with E-state index in [1.807, 2.05) is 6.92 Å². The van der Waals surface area contributed by atoms with E-state index < -0.39 is 12.0 Å². The van der Waals surface area contributed by atoms with Crippen LogP contribution >= 0.6 is 0 Å². The number of carboxylic acids is 1. The number of rotatable bonds is 5.